The molecule has 9 aromatic rings. The fraction of sp³-hybridized carbons (Fsp3) is 0. The van der Waals surface area contributed by atoms with Gasteiger partial charge in [0, 0.05) is 24.8 Å². The van der Waals surface area contributed by atoms with Crippen molar-refractivity contribution in [3.05, 3.63) is 195 Å². The summed E-state index contributed by atoms with van der Waals surface area (Å²) in [7, 11) is 0. The predicted molar refractivity (Wildman–Crippen MR) is 210 cm³/mol. The highest BCUT2D eigenvalue weighted by Gasteiger charge is 2.18. The van der Waals surface area contributed by atoms with Crippen LogP contribution in [-0.2, 0) is 0 Å². The molecule has 50 heavy (non-hydrogen) atoms. The quantitative estimate of drug-likeness (QED) is 0.170. The summed E-state index contributed by atoms with van der Waals surface area (Å²) in [5, 5.41) is 4.92. The molecule has 0 saturated heterocycles. The molecule has 0 aliphatic heterocycles. The standard InChI is InChI=1S/C48H32N2/c1-2-9-33(10-3-1)38-11-6-12-39(29-38)40-25-26-45-46(30-40)48(37-23-19-35(20-24-37)42-14-8-28-50-32-42)44-16-5-4-15-43(44)47(45)36-21-17-34(18-22-36)41-13-7-27-49-31-41/h1-32H. The maximum Gasteiger partial charge on any atom is 0.0346 e. The van der Waals surface area contributed by atoms with Crippen molar-refractivity contribution in [3.63, 3.8) is 0 Å². The lowest BCUT2D eigenvalue weighted by Crippen LogP contribution is -1.92. The van der Waals surface area contributed by atoms with E-state index in [-0.39, 0.29) is 0 Å². The van der Waals surface area contributed by atoms with Crippen molar-refractivity contribution in [3.8, 4) is 66.8 Å². The van der Waals surface area contributed by atoms with Crippen molar-refractivity contribution >= 4 is 21.5 Å². The highest BCUT2D eigenvalue weighted by molar-refractivity contribution is 6.22. The fourth-order valence-corrected chi connectivity index (χ4v) is 7.21. The van der Waals surface area contributed by atoms with Gasteiger partial charge < -0.3 is 0 Å². The Morgan fingerprint density at radius 1 is 0.240 bits per heavy atom. The van der Waals surface area contributed by atoms with Crippen LogP contribution in [0.25, 0.3) is 88.3 Å². The molecule has 0 fully saturated rings. The van der Waals surface area contributed by atoms with Gasteiger partial charge in [-0.05, 0) is 113 Å². The van der Waals surface area contributed by atoms with Crippen molar-refractivity contribution in [2.45, 2.75) is 0 Å². The van der Waals surface area contributed by atoms with Crippen LogP contribution in [0.1, 0.15) is 0 Å². The first kappa shape index (κ1) is 29.5. The molecule has 0 radical (unpaired) electrons. The summed E-state index contributed by atoms with van der Waals surface area (Å²) in [6.07, 6.45) is 7.47. The molecule has 2 heterocycles. The normalized spacial score (nSPS) is 11.2. The van der Waals surface area contributed by atoms with E-state index in [0.717, 1.165) is 22.3 Å². The molecule has 9 rings (SSSR count). The zero-order valence-electron chi connectivity index (χ0n) is 27.4. The molecule has 0 aliphatic carbocycles. The zero-order valence-corrected chi connectivity index (χ0v) is 27.4. The van der Waals surface area contributed by atoms with Gasteiger partial charge in [-0.1, -0.05) is 146 Å². The third-order valence-electron chi connectivity index (χ3n) is 9.66. The van der Waals surface area contributed by atoms with E-state index in [2.05, 4.69) is 168 Å². The van der Waals surface area contributed by atoms with Crippen LogP contribution in [0.5, 0.6) is 0 Å². The van der Waals surface area contributed by atoms with Gasteiger partial charge in [0.1, 0.15) is 0 Å². The molecule has 0 saturated carbocycles. The van der Waals surface area contributed by atoms with Gasteiger partial charge in [-0.2, -0.15) is 0 Å². The van der Waals surface area contributed by atoms with Crippen LogP contribution in [0.2, 0.25) is 0 Å². The molecule has 0 unspecified atom stereocenters. The molecule has 234 valence electrons. The van der Waals surface area contributed by atoms with Gasteiger partial charge in [-0.3, -0.25) is 9.97 Å². The van der Waals surface area contributed by atoms with E-state index >= 15 is 0 Å². The first-order valence-corrected chi connectivity index (χ1v) is 17.0. The lowest BCUT2D eigenvalue weighted by atomic mass is 9.84. The minimum atomic E-state index is 1.11. The first-order chi connectivity index (χ1) is 24.8. The molecular weight excluding hydrogens is 605 g/mol. The van der Waals surface area contributed by atoms with Gasteiger partial charge >= 0.3 is 0 Å². The van der Waals surface area contributed by atoms with E-state index in [4.69, 9.17) is 0 Å². The number of hydrogen-bond acceptors (Lipinski definition) is 2. The second kappa shape index (κ2) is 12.8. The number of pyridine rings is 2. The monoisotopic (exact) mass is 636 g/mol. The lowest BCUT2D eigenvalue weighted by Gasteiger charge is -2.19. The van der Waals surface area contributed by atoms with E-state index in [1.807, 2.05) is 36.9 Å². The van der Waals surface area contributed by atoms with Crippen LogP contribution >= 0.6 is 0 Å². The van der Waals surface area contributed by atoms with Crippen LogP contribution in [0.3, 0.4) is 0 Å². The van der Waals surface area contributed by atoms with Crippen LogP contribution in [-0.4, -0.2) is 9.97 Å². The first-order valence-electron chi connectivity index (χ1n) is 17.0. The van der Waals surface area contributed by atoms with Crippen molar-refractivity contribution in [2.24, 2.45) is 0 Å². The van der Waals surface area contributed by atoms with E-state index < -0.39 is 0 Å². The largest absolute Gasteiger partial charge is 0.264 e. The SMILES string of the molecule is c1ccc(-c2cccc(-c3ccc4c(-c5ccc(-c6cccnc6)cc5)c5ccccc5c(-c5ccc(-c6cccnc6)cc5)c4c3)c2)cc1. The van der Waals surface area contributed by atoms with Gasteiger partial charge in [0.05, 0.1) is 0 Å². The third kappa shape index (κ3) is 5.43. The Hall–Kier alpha value is -6.64. The molecule has 0 bridgehead atoms. The van der Waals surface area contributed by atoms with E-state index in [1.165, 1.54) is 66.1 Å². The van der Waals surface area contributed by atoms with Crippen LogP contribution in [0.4, 0.5) is 0 Å². The van der Waals surface area contributed by atoms with Gasteiger partial charge in [-0.15, -0.1) is 0 Å². The van der Waals surface area contributed by atoms with Crippen LogP contribution in [0, 0.1) is 0 Å². The number of hydrogen-bond donors (Lipinski definition) is 0. The Balaban J connectivity index is 1.27. The molecule has 2 heteroatoms. The maximum atomic E-state index is 4.35. The molecule has 7 aromatic carbocycles. The summed E-state index contributed by atoms with van der Waals surface area (Å²) >= 11 is 0. The van der Waals surface area contributed by atoms with Crippen LogP contribution < -0.4 is 0 Å². The topological polar surface area (TPSA) is 25.8 Å². The summed E-state index contributed by atoms with van der Waals surface area (Å²) in [6, 6.07) is 61.4. The number of fused-ring (bicyclic) bond motifs is 2. The summed E-state index contributed by atoms with van der Waals surface area (Å²) in [5.74, 6) is 0. The van der Waals surface area contributed by atoms with Crippen molar-refractivity contribution in [2.75, 3.05) is 0 Å². The summed E-state index contributed by atoms with van der Waals surface area (Å²) in [6.45, 7) is 0. The van der Waals surface area contributed by atoms with Crippen molar-refractivity contribution in [1.29, 1.82) is 0 Å². The predicted octanol–water partition coefficient (Wildman–Crippen LogP) is 12.8. The molecule has 0 amide bonds. The Bertz CT molecular complexity index is 2590. The van der Waals surface area contributed by atoms with E-state index in [9.17, 15) is 0 Å². The van der Waals surface area contributed by atoms with Gasteiger partial charge in [0.15, 0.2) is 0 Å². The third-order valence-corrected chi connectivity index (χ3v) is 9.66. The summed E-state index contributed by atoms with van der Waals surface area (Å²) in [4.78, 5) is 8.68. The highest BCUT2D eigenvalue weighted by atomic mass is 14.6. The molecule has 0 aliphatic rings. The number of benzene rings is 7. The van der Waals surface area contributed by atoms with Crippen LogP contribution in [0.15, 0.2) is 195 Å². The number of nitrogens with zero attached hydrogens (tertiary/aromatic N) is 2. The molecular formula is C48H32N2. The number of aromatic nitrogens is 2. The highest BCUT2D eigenvalue weighted by Crippen LogP contribution is 2.45. The van der Waals surface area contributed by atoms with Gasteiger partial charge in [0.25, 0.3) is 0 Å². The molecule has 2 nitrogen and oxygen atoms in total. The van der Waals surface area contributed by atoms with E-state index in [0.29, 0.717) is 0 Å². The Morgan fingerprint density at radius 2 is 0.640 bits per heavy atom. The Kier molecular flexibility index (Phi) is 7.53. The smallest absolute Gasteiger partial charge is 0.0346 e. The molecule has 0 spiro atoms. The second-order valence-corrected chi connectivity index (χ2v) is 12.6. The van der Waals surface area contributed by atoms with Crippen molar-refractivity contribution < 1.29 is 0 Å². The summed E-state index contributed by atoms with van der Waals surface area (Å²) < 4.78 is 0. The Morgan fingerprint density at radius 3 is 1.20 bits per heavy atom. The lowest BCUT2D eigenvalue weighted by molar-refractivity contribution is 1.33. The molecule has 2 aromatic heterocycles. The van der Waals surface area contributed by atoms with E-state index in [1.54, 1.807) is 0 Å². The molecule has 0 N–H and O–H groups in total. The minimum Gasteiger partial charge on any atom is -0.264 e. The average molecular weight is 637 g/mol. The van der Waals surface area contributed by atoms with Crippen molar-refractivity contribution in [1.82, 2.24) is 9.97 Å². The maximum absolute atomic E-state index is 4.35. The molecule has 0 atom stereocenters. The number of rotatable bonds is 6. The average Bonchev–Trinajstić information content (AvgIpc) is 3.21. The minimum absolute atomic E-state index is 1.11. The Labute approximate surface area is 292 Å². The second-order valence-electron chi connectivity index (χ2n) is 12.6. The van der Waals surface area contributed by atoms with Gasteiger partial charge in [0.2, 0.25) is 0 Å². The fourth-order valence-electron chi connectivity index (χ4n) is 7.21. The summed E-state index contributed by atoms with van der Waals surface area (Å²) in [5.41, 5.74) is 14.2. The van der Waals surface area contributed by atoms with Gasteiger partial charge in [-0.25, -0.2) is 0 Å². The zero-order chi connectivity index (χ0) is 33.3.